The van der Waals surface area contributed by atoms with Gasteiger partial charge in [0.25, 0.3) is 0 Å². The van der Waals surface area contributed by atoms with E-state index in [9.17, 15) is 18.3 Å². The molecule has 0 saturated carbocycles. The number of rotatable bonds is 6. The monoisotopic (exact) mass is 299 g/mol. The van der Waals surface area contributed by atoms with Gasteiger partial charge in [0.1, 0.15) is 0 Å². The van der Waals surface area contributed by atoms with Crippen LogP contribution in [0.25, 0.3) is 6.08 Å². The van der Waals surface area contributed by atoms with E-state index in [1.165, 1.54) is 38.2 Å². The first-order chi connectivity index (χ1) is 9.23. The molecular weight excluding hydrogens is 282 g/mol. The van der Waals surface area contributed by atoms with E-state index in [2.05, 4.69) is 0 Å². The van der Waals surface area contributed by atoms with E-state index in [1.807, 2.05) is 0 Å². The third-order valence-electron chi connectivity index (χ3n) is 2.51. The van der Waals surface area contributed by atoms with Crippen molar-refractivity contribution < 1.29 is 23.4 Å². The Bertz CT molecular complexity index is 607. The minimum atomic E-state index is -3.70. The van der Waals surface area contributed by atoms with Crippen LogP contribution >= 0.6 is 0 Å². The van der Waals surface area contributed by atoms with E-state index in [4.69, 9.17) is 5.11 Å². The number of aliphatic hydroxyl groups is 1. The normalized spacial score (nSPS) is 13.8. The van der Waals surface area contributed by atoms with Crippen molar-refractivity contribution in [2.45, 2.75) is 17.9 Å². The number of hydrogen-bond donors (Lipinski definition) is 2. The van der Waals surface area contributed by atoms with E-state index in [1.54, 1.807) is 6.07 Å². The third kappa shape index (κ3) is 4.44. The molecule has 1 aromatic rings. The minimum absolute atomic E-state index is 0.0163. The molecule has 0 saturated heterocycles. The van der Waals surface area contributed by atoms with Crippen LogP contribution in [-0.4, -0.2) is 48.6 Å². The quantitative estimate of drug-likeness (QED) is 0.757. The van der Waals surface area contributed by atoms with Crippen LogP contribution in [0, 0.1) is 0 Å². The summed E-state index contributed by atoms with van der Waals surface area (Å²) in [5.41, 5.74) is 0.471. The molecule has 0 fully saturated rings. The number of aliphatic hydroxyl groups excluding tert-OH is 1. The number of carboxylic acid groups (broad SMARTS) is 1. The lowest BCUT2D eigenvalue weighted by atomic mass is 10.2. The zero-order valence-corrected chi connectivity index (χ0v) is 12.0. The fraction of sp³-hybridized carbons (Fsp3) is 0.308. The van der Waals surface area contributed by atoms with Crippen molar-refractivity contribution in [3.05, 3.63) is 35.9 Å². The Kier molecular flexibility index (Phi) is 5.43. The Labute approximate surface area is 118 Å². The number of carbonyl (C=O) groups is 1. The van der Waals surface area contributed by atoms with Crippen LogP contribution < -0.4 is 0 Å². The number of nitrogens with zero attached hydrogens (tertiary/aromatic N) is 1. The van der Waals surface area contributed by atoms with Crippen LogP contribution in [0.2, 0.25) is 0 Å². The highest BCUT2D eigenvalue weighted by molar-refractivity contribution is 7.89. The second-order valence-electron chi connectivity index (χ2n) is 4.38. The Morgan fingerprint density at radius 3 is 2.65 bits per heavy atom. The summed E-state index contributed by atoms with van der Waals surface area (Å²) in [5.74, 6) is -1.11. The topological polar surface area (TPSA) is 94.9 Å². The molecule has 110 valence electrons. The summed E-state index contributed by atoms with van der Waals surface area (Å²) in [5, 5.41) is 17.8. The molecule has 6 nitrogen and oxygen atoms in total. The number of sulfonamides is 1. The number of carboxylic acids is 1. The lowest BCUT2D eigenvalue weighted by Gasteiger charge is -2.18. The van der Waals surface area contributed by atoms with Gasteiger partial charge in [0, 0.05) is 19.7 Å². The fourth-order valence-electron chi connectivity index (χ4n) is 1.60. The Hall–Kier alpha value is -1.70. The van der Waals surface area contributed by atoms with E-state index < -0.39 is 22.1 Å². The minimum Gasteiger partial charge on any atom is -0.478 e. The van der Waals surface area contributed by atoms with Gasteiger partial charge >= 0.3 is 5.97 Å². The zero-order valence-electron chi connectivity index (χ0n) is 11.2. The first-order valence-corrected chi connectivity index (χ1v) is 7.33. The van der Waals surface area contributed by atoms with Gasteiger partial charge in [-0.25, -0.2) is 13.2 Å². The van der Waals surface area contributed by atoms with E-state index in [0.29, 0.717) is 5.56 Å². The van der Waals surface area contributed by atoms with Crippen LogP contribution in [-0.2, 0) is 14.8 Å². The highest BCUT2D eigenvalue weighted by Gasteiger charge is 2.21. The average molecular weight is 299 g/mol. The van der Waals surface area contributed by atoms with Gasteiger partial charge in [-0.05, 0) is 30.7 Å². The molecule has 2 N–H and O–H groups in total. The maximum atomic E-state index is 12.2. The van der Waals surface area contributed by atoms with Crippen LogP contribution in [0.3, 0.4) is 0 Å². The van der Waals surface area contributed by atoms with E-state index in [-0.39, 0.29) is 11.4 Å². The molecule has 0 spiro atoms. The Morgan fingerprint density at radius 1 is 1.45 bits per heavy atom. The lowest BCUT2D eigenvalue weighted by molar-refractivity contribution is -0.131. The molecule has 0 heterocycles. The maximum Gasteiger partial charge on any atom is 0.328 e. The summed E-state index contributed by atoms with van der Waals surface area (Å²) in [4.78, 5) is 10.5. The summed E-state index contributed by atoms with van der Waals surface area (Å²) in [7, 11) is -2.33. The Morgan fingerprint density at radius 2 is 2.10 bits per heavy atom. The average Bonchev–Trinajstić information content (AvgIpc) is 2.35. The van der Waals surface area contributed by atoms with Gasteiger partial charge in [0.2, 0.25) is 10.0 Å². The van der Waals surface area contributed by atoms with Crippen LogP contribution in [0.5, 0.6) is 0 Å². The van der Waals surface area contributed by atoms with Gasteiger partial charge < -0.3 is 10.2 Å². The van der Waals surface area contributed by atoms with E-state index in [0.717, 1.165) is 10.4 Å². The second kappa shape index (κ2) is 6.65. The van der Waals surface area contributed by atoms with Crippen molar-refractivity contribution >= 4 is 22.1 Å². The third-order valence-corrected chi connectivity index (χ3v) is 4.33. The summed E-state index contributed by atoms with van der Waals surface area (Å²) < 4.78 is 25.5. The molecule has 7 heteroatoms. The predicted molar refractivity (Wildman–Crippen MR) is 74.6 cm³/mol. The highest BCUT2D eigenvalue weighted by Crippen LogP contribution is 2.17. The fourth-order valence-corrected chi connectivity index (χ4v) is 2.90. The number of likely N-dealkylation sites (N-methyl/N-ethyl adjacent to an activating group) is 1. The summed E-state index contributed by atoms with van der Waals surface area (Å²) in [6.07, 6.45) is 1.48. The molecule has 0 bridgehead atoms. The highest BCUT2D eigenvalue weighted by atomic mass is 32.2. The molecule has 20 heavy (non-hydrogen) atoms. The summed E-state index contributed by atoms with van der Waals surface area (Å²) >= 11 is 0. The standard InChI is InChI=1S/C13H17NO5S/c1-10(15)9-14(2)20(18,19)12-5-3-4-11(8-12)6-7-13(16)17/h3-8,10,15H,9H2,1-2H3,(H,16,17). The van der Waals surface area contributed by atoms with Gasteiger partial charge in [0.15, 0.2) is 0 Å². The second-order valence-corrected chi connectivity index (χ2v) is 6.42. The van der Waals surface area contributed by atoms with Crippen LogP contribution in [0.15, 0.2) is 35.2 Å². The van der Waals surface area contributed by atoms with Gasteiger partial charge in [0.05, 0.1) is 11.0 Å². The Balaban J connectivity index is 3.07. The largest absolute Gasteiger partial charge is 0.478 e. The molecule has 0 aliphatic heterocycles. The van der Waals surface area contributed by atoms with Gasteiger partial charge in [-0.1, -0.05) is 12.1 Å². The zero-order chi connectivity index (χ0) is 15.3. The van der Waals surface area contributed by atoms with Crippen LogP contribution in [0.1, 0.15) is 12.5 Å². The van der Waals surface area contributed by atoms with Crippen molar-refractivity contribution in [1.82, 2.24) is 4.31 Å². The molecule has 1 atom stereocenters. The smallest absolute Gasteiger partial charge is 0.328 e. The van der Waals surface area contributed by atoms with Crippen molar-refractivity contribution in [3.8, 4) is 0 Å². The summed E-state index contributed by atoms with van der Waals surface area (Å²) in [6, 6.07) is 5.94. The SMILES string of the molecule is CC(O)CN(C)S(=O)(=O)c1cccc(C=CC(=O)O)c1. The van der Waals surface area contributed by atoms with Crippen molar-refractivity contribution in [1.29, 1.82) is 0 Å². The van der Waals surface area contributed by atoms with Gasteiger partial charge in [-0.15, -0.1) is 0 Å². The lowest BCUT2D eigenvalue weighted by Crippen LogP contribution is -2.33. The van der Waals surface area contributed by atoms with Crippen molar-refractivity contribution in [3.63, 3.8) is 0 Å². The molecular formula is C13H17NO5S. The summed E-state index contributed by atoms with van der Waals surface area (Å²) in [6.45, 7) is 1.48. The molecule has 0 radical (unpaired) electrons. The number of benzene rings is 1. The van der Waals surface area contributed by atoms with Crippen molar-refractivity contribution in [2.24, 2.45) is 0 Å². The van der Waals surface area contributed by atoms with Crippen LogP contribution in [0.4, 0.5) is 0 Å². The first kappa shape index (κ1) is 16.4. The molecule has 0 amide bonds. The maximum absolute atomic E-state index is 12.2. The number of aliphatic carboxylic acids is 1. The first-order valence-electron chi connectivity index (χ1n) is 5.89. The predicted octanol–water partition coefficient (Wildman–Crippen LogP) is 0.786. The molecule has 1 rings (SSSR count). The molecule has 0 aromatic heterocycles. The molecule has 0 aliphatic rings. The van der Waals surface area contributed by atoms with E-state index >= 15 is 0 Å². The van der Waals surface area contributed by atoms with Crippen molar-refractivity contribution in [2.75, 3.05) is 13.6 Å². The molecule has 1 unspecified atom stereocenters. The van der Waals surface area contributed by atoms with Gasteiger partial charge in [-0.3, -0.25) is 0 Å². The van der Waals surface area contributed by atoms with Gasteiger partial charge in [-0.2, -0.15) is 4.31 Å². The molecule has 0 aliphatic carbocycles. The molecule has 1 aromatic carbocycles. The number of hydrogen-bond acceptors (Lipinski definition) is 4.